The summed E-state index contributed by atoms with van der Waals surface area (Å²) >= 11 is 0. The van der Waals surface area contributed by atoms with E-state index in [0.717, 1.165) is 5.56 Å². The topological polar surface area (TPSA) is 81.2 Å². The number of benzene rings is 2. The highest BCUT2D eigenvalue weighted by Crippen LogP contribution is 2.25. The number of nitro benzene ring substituents is 1. The van der Waals surface area contributed by atoms with Crippen molar-refractivity contribution >= 4 is 11.4 Å². The highest BCUT2D eigenvalue weighted by atomic mass is 19.1. The van der Waals surface area contributed by atoms with Crippen molar-refractivity contribution in [2.24, 2.45) is 0 Å². The van der Waals surface area contributed by atoms with Gasteiger partial charge in [-0.3, -0.25) is 10.1 Å². The van der Waals surface area contributed by atoms with Crippen LogP contribution in [0.25, 0.3) is 0 Å². The van der Waals surface area contributed by atoms with Crippen LogP contribution in [0.1, 0.15) is 24.1 Å². The van der Waals surface area contributed by atoms with Crippen molar-refractivity contribution in [2.45, 2.75) is 19.4 Å². The van der Waals surface area contributed by atoms with Gasteiger partial charge in [-0.1, -0.05) is 24.3 Å². The predicted molar refractivity (Wildman–Crippen MR) is 84.0 cm³/mol. The van der Waals surface area contributed by atoms with Crippen molar-refractivity contribution < 1.29 is 9.31 Å². The van der Waals surface area contributed by atoms with E-state index in [2.05, 4.69) is 5.32 Å². The Kier molecular flexibility index (Phi) is 5.06. The van der Waals surface area contributed by atoms with Gasteiger partial charge in [0.1, 0.15) is 11.5 Å². The van der Waals surface area contributed by atoms with E-state index in [9.17, 15) is 14.5 Å². The Balaban J connectivity index is 1.98. The van der Waals surface area contributed by atoms with E-state index in [0.29, 0.717) is 18.5 Å². The Hall–Kier alpha value is -2.47. The smallest absolute Gasteiger partial charge is 0.292 e. The van der Waals surface area contributed by atoms with Gasteiger partial charge in [0.2, 0.25) is 0 Å². The zero-order valence-corrected chi connectivity index (χ0v) is 12.3. The monoisotopic (exact) mass is 303 g/mol. The minimum atomic E-state index is -0.495. The average Bonchev–Trinajstić information content (AvgIpc) is 2.49. The van der Waals surface area contributed by atoms with Crippen molar-refractivity contribution in [3.05, 3.63) is 69.5 Å². The third kappa shape index (κ3) is 3.79. The van der Waals surface area contributed by atoms with Gasteiger partial charge in [0.05, 0.1) is 4.92 Å². The lowest BCUT2D eigenvalue weighted by Crippen LogP contribution is -2.21. The first-order chi connectivity index (χ1) is 10.5. The standard InChI is InChI=1S/C16H18FN3O2/c1-11(13-6-7-15(18)16(10-13)20(21)22)19-9-8-12-4-2-3-5-14(12)17/h2-7,10-11,19H,8-9,18H2,1H3/t11-/m0/s1. The van der Waals surface area contributed by atoms with Crippen molar-refractivity contribution in [2.75, 3.05) is 12.3 Å². The van der Waals surface area contributed by atoms with E-state index in [-0.39, 0.29) is 23.2 Å². The molecule has 2 aromatic carbocycles. The molecule has 0 spiro atoms. The Labute approximate surface area is 128 Å². The summed E-state index contributed by atoms with van der Waals surface area (Å²) in [6.45, 7) is 2.47. The van der Waals surface area contributed by atoms with Gasteiger partial charge in [0.15, 0.2) is 0 Å². The van der Waals surface area contributed by atoms with Crippen LogP contribution in [0.15, 0.2) is 42.5 Å². The van der Waals surface area contributed by atoms with Crippen molar-refractivity contribution in [1.82, 2.24) is 5.32 Å². The van der Waals surface area contributed by atoms with Gasteiger partial charge >= 0.3 is 0 Å². The van der Waals surface area contributed by atoms with Gasteiger partial charge in [0, 0.05) is 12.1 Å². The second-order valence-corrected chi connectivity index (χ2v) is 5.09. The van der Waals surface area contributed by atoms with Crippen LogP contribution in [-0.2, 0) is 6.42 Å². The largest absolute Gasteiger partial charge is 0.393 e. The lowest BCUT2D eigenvalue weighted by Gasteiger charge is -2.14. The van der Waals surface area contributed by atoms with Crippen LogP contribution in [-0.4, -0.2) is 11.5 Å². The molecule has 6 heteroatoms. The average molecular weight is 303 g/mol. The summed E-state index contributed by atoms with van der Waals surface area (Å²) in [5, 5.41) is 14.1. The maximum atomic E-state index is 13.5. The zero-order valence-electron chi connectivity index (χ0n) is 12.3. The molecule has 0 amide bonds. The molecule has 0 saturated heterocycles. The summed E-state index contributed by atoms with van der Waals surface area (Å²) < 4.78 is 13.5. The Bertz CT molecular complexity index is 676. The molecule has 5 nitrogen and oxygen atoms in total. The molecule has 0 aromatic heterocycles. The summed E-state index contributed by atoms with van der Waals surface area (Å²) in [6.07, 6.45) is 0.550. The third-order valence-corrected chi connectivity index (χ3v) is 3.55. The Morgan fingerprint density at radius 3 is 2.73 bits per heavy atom. The fourth-order valence-corrected chi connectivity index (χ4v) is 2.23. The molecule has 0 fully saturated rings. The molecule has 0 bridgehead atoms. The van der Waals surface area contributed by atoms with Crippen LogP contribution in [0.5, 0.6) is 0 Å². The van der Waals surface area contributed by atoms with E-state index in [1.807, 2.05) is 6.92 Å². The van der Waals surface area contributed by atoms with Gasteiger partial charge in [-0.25, -0.2) is 4.39 Å². The molecule has 2 rings (SSSR count). The quantitative estimate of drug-likeness (QED) is 0.488. The number of nitrogens with zero attached hydrogens (tertiary/aromatic N) is 1. The summed E-state index contributed by atoms with van der Waals surface area (Å²) in [7, 11) is 0. The maximum Gasteiger partial charge on any atom is 0.292 e. The normalized spacial score (nSPS) is 12.1. The number of nitro groups is 1. The number of nitrogen functional groups attached to an aromatic ring is 1. The lowest BCUT2D eigenvalue weighted by atomic mass is 10.1. The summed E-state index contributed by atoms with van der Waals surface area (Å²) in [6, 6.07) is 11.3. The highest BCUT2D eigenvalue weighted by Gasteiger charge is 2.14. The van der Waals surface area contributed by atoms with Gasteiger partial charge in [-0.15, -0.1) is 0 Å². The number of nitrogens with one attached hydrogen (secondary N) is 1. The Morgan fingerprint density at radius 2 is 2.05 bits per heavy atom. The molecule has 0 heterocycles. The molecular weight excluding hydrogens is 285 g/mol. The number of hydrogen-bond acceptors (Lipinski definition) is 4. The van der Waals surface area contributed by atoms with Crippen LogP contribution < -0.4 is 11.1 Å². The van der Waals surface area contributed by atoms with Gasteiger partial charge in [0.25, 0.3) is 5.69 Å². The van der Waals surface area contributed by atoms with Crippen LogP contribution >= 0.6 is 0 Å². The van der Waals surface area contributed by atoms with Gasteiger partial charge < -0.3 is 11.1 Å². The number of anilines is 1. The molecule has 116 valence electrons. The molecule has 1 atom stereocenters. The molecule has 0 saturated carbocycles. The number of rotatable bonds is 6. The van der Waals surface area contributed by atoms with Crippen molar-refractivity contribution in [3.8, 4) is 0 Å². The summed E-state index contributed by atoms with van der Waals surface area (Å²) in [5.41, 5.74) is 7.04. The molecule has 22 heavy (non-hydrogen) atoms. The molecule has 0 aliphatic heterocycles. The molecule has 3 N–H and O–H groups in total. The van der Waals surface area contributed by atoms with E-state index < -0.39 is 4.92 Å². The minimum Gasteiger partial charge on any atom is -0.393 e. The number of halogens is 1. The van der Waals surface area contributed by atoms with Crippen LogP contribution in [0, 0.1) is 15.9 Å². The second kappa shape index (κ2) is 7.00. The first-order valence-electron chi connectivity index (χ1n) is 6.99. The fourth-order valence-electron chi connectivity index (χ4n) is 2.23. The molecule has 0 aliphatic rings. The van der Waals surface area contributed by atoms with Crippen LogP contribution in [0.3, 0.4) is 0 Å². The van der Waals surface area contributed by atoms with E-state index >= 15 is 0 Å². The lowest BCUT2D eigenvalue weighted by molar-refractivity contribution is -0.384. The molecule has 0 radical (unpaired) electrons. The SMILES string of the molecule is C[C@H](NCCc1ccccc1F)c1ccc(N)c([N+](=O)[O-])c1. The van der Waals surface area contributed by atoms with Crippen molar-refractivity contribution in [1.29, 1.82) is 0 Å². The molecule has 2 aromatic rings. The highest BCUT2D eigenvalue weighted by molar-refractivity contribution is 5.59. The fraction of sp³-hybridized carbons (Fsp3) is 0.250. The maximum absolute atomic E-state index is 13.5. The first-order valence-corrected chi connectivity index (χ1v) is 6.99. The number of hydrogen-bond donors (Lipinski definition) is 2. The van der Waals surface area contributed by atoms with E-state index in [1.165, 1.54) is 18.2 Å². The van der Waals surface area contributed by atoms with Crippen LogP contribution in [0.4, 0.5) is 15.8 Å². The van der Waals surface area contributed by atoms with E-state index in [1.54, 1.807) is 24.3 Å². The zero-order chi connectivity index (χ0) is 16.1. The van der Waals surface area contributed by atoms with Crippen molar-refractivity contribution in [3.63, 3.8) is 0 Å². The van der Waals surface area contributed by atoms with Gasteiger partial charge in [-0.05, 0) is 43.1 Å². The molecular formula is C16H18FN3O2. The minimum absolute atomic E-state index is 0.0916. The number of nitrogens with two attached hydrogens (primary N) is 1. The predicted octanol–water partition coefficient (Wildman–Crippen LogP) is 3.21. The molecule has 0 unspecified atom stereocenters. The summed E-state index contributed by atoms with van der Waals surface area (Å²) in [4.78, 5) is 10.4. The molecule has 0 aliphatic carbocycles. The van der Waals surface area contributed by atoms with Crippen LogP contribution in [0.2, 0.25) is 0 Å². The summed E-state index contributed by atoms with van der Waals surface area (Å²) in [5.74, 6) is -0.222. The van der Waals surface area contributed by atoms with E-state index in [4.69, 9.17) is 5.73 Å². The van der Waals surface area contributed by atoms with Gasteiger partial charge in [-0.2, -0.15) is 0 Å². The Morgan fingerprint density at radius 1 is 1.32 bits per heavy atom. The second-order valence-electron chi connectivity index (χ2n) is 5.09. The first kappa shape index (κ1) is 15.9. The third-order valence-electron chi connectivity index (χ3n) is 3.55.